The van der Waals surface area contributed by atoms with Gasteiger partial charge in [-0.05, 0) is 40.0 Å². The Balaban J connectivity index is 2.17. The summed E-state index contributed by atoms with van der Waals surface area (Å²) in [6.07, 6.45) is 7.82. The van der Waals surface area contributed by atoms with Gasteiger partial charge in [0.2, 0.25) is 5.91 Å². The van der Waals surface area contributed by atoms with Crippen LogP contribution in [-0.4, -0.2) is 51.3 Å². The van der Waals surface area contributed by atoms with Crippen LogP contribution in [0.15, 0.2) is 4.99 Å². The number of carbonyl (C=O) groups is 1. The first-order chi connectivity index (χ1) is 11.5. The zero-order valence-corrected chi connectivity index (χ0v) is 15.9. The fraction of sp³-hybridized carbons (Fsp3) is 0.889. The molecule has 0 bridgehead atoms. The Labute approximate surface area is 147 Å². The van der Waals surface area contributed by atoms with Gasteiger partial charge < -0.3 is 20.7 Å². The minimum absolute atomic E-state index is 0.0498. The van der Waals surface area contributed by atoms with Crippen molar-refractivity contribution in [2.75, 3.05) is 33.3 Å². The summed E-state index contributed by atoms with van der Waals surface area (Å²) in [5, 5.41) is 9.37. The lowest BCUT2D eigenvalue weighted by Gasteiger charge is -2.25. The predicted octanol–water partition coefficient (Wildman–Crippen LogP) is 2.05. The van der Waals surface area contributed by atoms with E-state index >= 15 is 0 Å². The topological polar surface area (TPSA) is 74.8 Å². The number of aliphatic imine (C=N–C) groups is 1. The van der Waals surface area contributed by atoms with E-state index in [1.165, 1.54) is 32.1 Å². The van der Waals surface area contributed by atoms with Crippen molar-refractivity contribution in [1.82, 2.24) is 16.0 Å². The normalized spacial score (nSPS) is 16.8. The van der Waals surface area contributed by atoms with Crippen molar-refractivity contribution in [2.45, 2.75) is 65.4 Å². The van der Waals surface area contributed by atoms with Crippen molar-refractivity contribution in [2.24, 2.45) is 10.4 Å². The molecule has 1 rings (SSSR count). The summed E-state index contributed by atoms with van der Waals surface area (Å²) in [5.41, 5.74) is -0.474. The first-order valence-corrected chi connectivity index (χ1v) is 9.34. The molecule has 6 nitrogen and oxygen atoms in total. The molecule has 1 amide bonds. The molecule has 1 aliphatic carbocycles. The Kier molecular flexibility index (Phi) is 9.76. The van der Waals surface area contributed by atoms with Crippen LogP contribution in [0.2, 0.25) is 0 Å². The summed E-state index contributed by atoms with van der Waals surface area (Å²) in [5.74, 6) is 0.777. The molecule has 6 heteroatoms. The zero-order chi connectivity index (χ0) is 17.8. The Morgan fingerprint density at radius 1 is 1.17 bits per heavy atom. The van der Waals surface area contributed by atoms with Gasteiger partial charge in [-0.1, -0.05) is 19.3 Å². The van der Waals surface area contributed by atoms with Crippen molar-refractivity contribution in [3.63, 3.8) is 0 Å². The second-order valence-corrected chi connectivity index (χ2v) is 7.08. The van der Waals surface area contributed by atoms with E-state index in [9.17, 15) is 4.79 Å². The van der Waals surface area contributed by atoms with Gasteiger partial charge in [-0.3, -0.25) is 9.79 Å². The summed E-state index contributed by atoms with van der Waals surface area (Å²) in [6, 6.07) is 0. The highest BCUT2D eigenvalue weighted by Crippen LogP contribution is 2.20. The molecule has 0 spiro atoms. The lowest BCUT2D eigenvalue weighted by molar-refractivity contribution is -0.128. The third kappa shape index (κ3) is 7.99. The van der Waals surface area contributed by atoms with Gasteiger partial charge in [-0.25, -0.2) is 0 Å². The van der Waals surface area contributed by atoms with Crippen LogP contribution >= 0.6 is 0 Å². The molecule has 0 heterocycles. The van der Waals surface area contributed by atoms with Crippen LogP contribution in [0.3, 0.4) is 0 Å². The van der Waals surface area contributed by atoms with Crippen LogP contribution in [0.4, 0.5) is 0 Å². The van der Waals surface area contributed by atoms with E-state index in [4.69, 9.17) is 4.74 Å². The molecule has 0 atom stereocenters. The zero-order valence-electron chi connectivity index (χ0n) is 15.9. The lowest BCUT2D eigenvalue weighted by Crippen LogP contribution is -2.48. The molecule has 0 aliphatic heterocycles. The van der Waals surface area contributed by atoms with Crippen LogP contribution in [0, 0.1) is 5.41 Å². The van der Waals surface area contributed by atoms with E-state index in [0.29, 0.717) is 19.2 Å². The minimum Gasteiger partial charge on any atom is -0.378 e. The summed E-state index contributed by atoms with van der Waals surface area (Å²) in [7, 11) is 1.74. The molecule has 0 radical (unpaired) electrons. The highest BCUT2D eigenvalue weighted by atomic mass is 16.5. The van der Waals surface area contributed by atoms with E-state index in [1.54, 1.807) is 7.05 Å². The number of hydrogen-bond acceptors (Lipinski definition) is 3. The van der Waals surface area contributed by atoms with Crippen LogP contribution in [0.5, 0.6) is 0 Å². The van der Waals surface area contributed by atoms with E-state index in [0.717, 1.165) is 25.5 Å². The standard InChI is InChI=1S/C18H36N4O2/c1-5-20-16(23)18(2,3)14-22-17(19-4)21-12-9-13-24-15-10-7-6-8-11-15/h15H,5-14H2,1-4H3,(H,20,23)(H2,19,21,22). The average molecular weight is 341 g/mol. The van der Waals surface area contributed by atoms with Gasteiger partial charge in [0.15, 0.2) is 5.96 Å². The fourth-order valence-corrected chi connectivity index (χ4v) is 2.77. The molecule has 0 aromatic carbocycles. The molecule has 3 N–H and O–H groups in total. The Hall–Kier alpha value is -1.30. The molecule has 1 fully saturated rings. The van der Waals surface area contributed by atoms with Gasteiger partial charge in [-0.2, -0.15) is 0 Å². The molecular weight excluding hydrogens is 304 g/mol. The molecule has 0 aromatic rings. The number of rotatable bonds is 9. The fourth-order valence-electron chi connectivity index (χ4n) is 2.77. The maximum Gasteiger partial charge on any atom is 0.227 e. The number of carbonyl (C=O) groups excluding carboxylic acids is 1. The highest BCUT2D eigenvalue weighted by molar-refractivity contribution is 5.84. The molecular formula is C18H36N4O2. The van der Waals surface area contributed by atoms with Gasteiger partial charge in [-0.15, -0.1) is 0 Å². The van der Waals surface area contributed by atoms with E-state index in [1.807, 2.05) is 20.8 Å². The summed E-state index contributed by atoms with van der Waals surface area (Å²) < 4.78 is 5.92. The van der Waals surface area contributed by atoms with Gasteiger partial charge in [0.05, 0.1) is 11.5 Å². The molecule has 0 unspecified atom stereocenters. The van der Waals surface area contributed by atoms with Crippen LogP contribution in [0.25, 0.3) is 0 Å². The van der Waals surface area contributed by atoms with Crippen molar-refractivity contribution >= 4 is 11.9 Å². The molecule has 140 valence electrons. The summed E-state index contributed by atoms with van der Waals surface area (Å²) in [6.45, 7) is 8.57. The van der Waals surface area contributed by atoms with E-state index in [-0.39, 0.29) is 5.91 Å². The van der Waals surface area contributed by atoms with Crippen molar-refractivity contribution in [1.29, 1.82) is 0 Å². The molecule has 0 aromatic heterocycles. The summed E-state index contributed by atoms with van der Waals surface area (Å²) in [4.78, 5) is 16.2. The number of ether oxygens (including phenoxy) is 1. The number of nitrogens with zero attached hydrogens (tertiary/aromatic N) is 1. The van der Waals surface area contributed by atoms with Crippen molar-refractivity contribution in [3.8, 4) is 0 Å². The number of nitrogens with one attached hydrogen (secondary N) is 3. The number of guanidine groups is 1. The van der Waals surface area contributed by atoms with E-state index < -0.39 is 5.41 Å². The quantitative estimate of drug-likeness (QED) is 0.341. The maximum atomic E-state index is 12.0. The second kappa shape index (κ2) is 11.3. The van der Waals surface area contributed by atoms with Gasteiger partial charge >= 0.3 is 0 Å². The van der Waals surface area contributed by atoms with E-state index in [2.05, 4.69) is 20.9 Å². The Bertz CT molecular complexity index is 390. The Morgan fingerprint density at radius 3 is 2.50 bits per heavy atom. The summed E-state index contributed by atoms with van der Waals surface area (Å²) >= 11 is 0. The molecule has 0 saturated heterocycles. The van der Waals surface area contributed by atoms with Crippen LogP contribution in [-0.2, 0) is 9.53 Å². The highest BCUT2D eigenvalue weighted by Gasteiger charge is 2.27. The monoisotopic (exact) mass is 340 g/mol. The van der Waals surface area contributed by atoms with Crippen LogP contribution < -0.4 is 16.0 Å². The van der Waals surface area contributed by atoms with Crippen molar-refractivity contribution in [3.05, 3.63) is 0 Å². The van der Waals surface area contributed by atoms with Gasteiger partial charge in [0.25, 0.3) is 0 Å². The largest absolute Gasteiger partial charge is 0.378 e. The smallest absolute Gasteiger partial charge is 0.227 e. The number of hydrogen-bond donors (Lipinski definition) is 3. The third-order valence-corrected chi connectivity index (χ3v) is 4.39. The van der Waals surface area contributed by atoms with Gasteiger partial charge in [0.1, 0.15) is 0 Å². The SMILES string of the molecule is CCNC(=O)C(C)(C)CNC(=NC)NCCCOC1CCCCC1. The third-order valence-electron chi connectivity index (χ3n) is 4.39. The molecule has 1 aliphatic rings. The van der Waals surface area contributed by atoms with Crippen molar-refractivity contribution < 1.29 is 9.53 Å². The molecule has 1 saturated carbocycles. The maximum absolute atomic E-state index is 12.0. The lowest BCUT2D eigenvalue weighted by atomic mass is 9.92. The minimum atomic E-state index is -0.474. The Morgan fingerprint density at radius 2 is 1.88 bits per heavy atom. The second-order valence-electron chi connectivity index (χ2n) is 7.08. The number of amides is 1. The van der Waals surface area contributed by atoms with Gasteiger partial charge in [0, 0.05) is 33.3 Å². The van der Waals surface area contributed by atoms with Crippen LogP contribution in [0.1, 0.15) is 59.3 Å². The molecule has 24 heavy (non-hydrogen) atoms. The first-order valence-electron chi connectivity index (χ1n) is 9.34. The average Bonchev–Trinajstić information content (AvgIpc) is 2.58. The predicted molar refractivity (Wildman–Crippen MR) is 99.3 cm³/mol. The first kappa shape index (κ1) is 20.7.